The van der Waals surface area contributed by atoms with Crippen LogP contribution in [0.4, 0.5) is 5.69 Å². The fourth-order valence-electron chi connectivity index (χ4n) is 2.54. The van der Waals surface area contributed by atoms with Crippen molar-refractivity contribution in [1.29, 1.82) is 0 Å². The fourth-order valence-corrected chi connectivity index (χ4v) is 2.74. The van der Waals surface area contributed by atoms with Gasteiger partial charge in [-0.3, -0.25) is 0 Å². The minimum Gasteiger partial charge on any atom is -0.368 e. The van der Waals surface area contributed by atoms with Gasteiger partial charge >= 0.3 is 0 Å². The standard InChI is InChI=1S/C18H23ClN2/c1-4-17(20)16-10-5-6-11-18(16)21(3)13(2)14-8-7-9-15(19)12-14/h5-13,17H,4,20H2,1-3H3/t13?,17-/m0/s1. The lowest BCUT2D eigenvalue weighted by molar-refractivity contribution is 0.679. The van der Waals surface area contributed by atoms with E-state index in [1.165, 1.54) is 16.8 Å². The average molecular weight is 303 g/mol. The Kier molecular flexibility index (Phi) is 5.27. The third kappa shape index (κ3) is 3.58. The van der Waals surface area contributed by atoms with Crippen LogP contribution < -0.4 is 10.6 Å². The number of benzene rings is 2. The van der Waals surface area contributed by atoms with E-state index >= 15 is 0 Å². The zero-order valence-corrected chi connectivity index (χ0v) is 13.6. The Morgan fingerprint density at radius 1 is 1.14 bits per heavy atom. The highest BCUT2D eigenvalue weighted by Crippen LogP contribution is 2.32. The summed E-state index contributed by atoms with van der Waals surface area (Å²) < 4.78 is 0. The molecule has 2 N–H and O–H groups in total. The fraction of sp³-hybridized carbons (Fsp3) is 0.333. The van der Waals surface area contributed by atoms with Crippen molar-refractivity contribution in [3.05, 3.63) is 64.7 Å². The van der Waals surface area contributed by atoms with Crippen LogP contribution in [0.3, 0.4) is 0 Å². The molecule has 0 saturated heterocycles. The van der Waals surface area contributed by atoms with Crippen molar-refractivity contribution in [2.24, 2.45) is 5.73 Å². The molecule has 0 radical (unpaired) electrons. The van der Waals surface area contributed by atoms with Crippen molar-refractivity contribution in [2.75, 3.05) is 11.9 Å². The van der Waals surface area contributed by atoms with E-state index in [1.54, 1.807) is 0 Å². The first-order valence-corrected chi connectivity index (χ1v) is 7.75. The lowest BCUT2D eigenvalue weighted by Gasteiger charge is -2.30. The van der Waals surface area contributed by atoms with Crippen LogP contribution in [0.15, 0.2) is 48.5 Å². The molecule has 2 atom stereocenters. The number of hydrogen-bond donors (Lipinski definition) is 1. The first-order chi connectivity index (χ1) is 10.0. The topological polar surface area (TPSA) is 29.3 Å². The van der Waals surface area contributed by atoms with Gasteiger partial charge in [-0.25, -0.2) is 0 Å². The molecule has 0 spiro atoms. The number of nitrogens with two attached hydrogens (primary N) is 1. The van der Waals surface area contributed by atoms with Gasteiger partial charge in [0.1, 0.15) is 0 Å². The first-order valence-electron chi connectivity index (χ1n) is 7.37. The molecular formula is C18H23ClN2. The molecule has 0 fully saturated rings. The first kappa shape index (κ1) is 15.9. The Balaban J connectivity index is 2.33. The number of nitrogens with zero attached hydrogens (tertiary/aromatic N) is 1. The lowest BCUT2D eigenvalue weighted by Crippen LogP contribution is -2.24. The van der Waals surface area contributed by atoms with Crippen LogP contribution in [0.2, 0.25) is 5.02 Å². The second-order valence-corrected chi connectivity index (χ2v) is 5.85. The van der Waals surface area contributed by atoms with Crippen molar-refractivity contribution in [3.63, 3.8) is 0 Å². The number of hydrogen-bond acceptors (Lipinski definition) is 2. The van der Waals surface area contributed by atoms with Gasteiger partial charge in [-0.15, -0.1) is 0 Å². The summed E-state index contributed by atoms with van der Waals surface area (Å²) in [5.41, 5.74) is 9.82. The Morgan fingerprint density at radius 3 is 2.52 bits per heavy atom. The third-order valence-corrected chi connectivity index (χ3v) is 4.30. The van der Waals surface area contributed by atoms with Crippen LogP contribution in [-0.4, -0.2) is 7.05 Å². The maximum atomic E-state index is 6.25. The number of halogens is 1. The van der Waals surface area contributed by atoms with Gasteiger partial charge in [-0.1, -0.05) is 48.9 Å². The minimum absolute atomic E-state index is 0.0650. The van der Waals surface area contributed by atoms with E-state index in [0.717, 1.165) is 11.4 Å². The van der Waals surface area contributed by atoms with Gasteiger partial charge in [0.05, 0.1) is 6.04 Å². The van der Waals surface area contributed by atoms with Crippen LogP contribution in [-0.2, 0) is 0 Å². The second kappa shape index (κ2) is 6.97. The Labute approximate surface area is 132 Å². The largest absolute Gasteiger partial charge is 0.368 e. The van der Waals surface area contributed by atoms with Crippen LogP contribution >= 0.6 is 11.6 Å². The molecule has 0 aliphatic carbocycles. The molecule has 0 aromatic heterocycles. The van der Waals surface area contributed by atoms with E-state index in [0.29, 0.717) is 0 Å². The molecule has 0 aliphatic rings. The predicted octanol–water partition coefficient (Wildman–Crippen LogP) is 4.95. The molecule has 1 unspecified atom stereocenters. The summed E-state index contributed by atoms with van der Waals surface area (Å²) in [4.78, 5) is 2.26. The number of para-hydroxylation sites is 1. The molecule has 112 valence electrons. The molecule has 2 aromatic carbocycles. The maximum absolute atomic E-state index is 6.25. The highest BCUT2D eigenvalue weighted by molar-refractivity contribution is 6.30. The molecular weight excluding hydrogens is 280 g/mol. The summed E-state index contributed by atoms with van der Waals surface area (Å²) >= 11 is 6.11. The van der Waals surface area contributed by atoms with E-state index in [4.69, 9.17) is 17.3 Å². The highest BCUT2D eigenvalue weighted by atomic mass is 35.5. The summed E-state index contributed by atoms with van der Waals surface area (Å²) in [7, 11) is 2.10. The summed E-state index contributed by atoms with van der Waals surface area (Å²) in [5, 5.41) is 0.770. The van der Waals surface area contributed by atoms with Gasteiger partial charge < -0.3 is 10.6 Å². The zero-order valence-electron chi connectivity index (χ0n) is 12.9. The maximum Gasteiger partial charge on any atom is 0.0511 e. The molecule has 0 aliphatic heterocycles. The van der Waals surface area contributed by atoms with Gasteiger partial charge in [0, 0.05) is 23.8 Å². The number of rotatable bonds is 5. The predicted molar refractivity (Wildman–Crippen MR) is 91.9 cm³/mol. The van der Waals surface area contributed by atoms with Crippen LogP contribution in [0, 0.1) is 0 Å². The van der Waals surface area contributed by atoms with E-state index in [-0.39, 0.29) is 12.1 Å². The zero-order chi connectivity index (χ0) is 15.4. The monoisotopic (exact) mass is 302 g/mol. The van der Waals surface area contributed by atoms with Crippen molar-refractivity contribution in [3.8, 4) is 0 Å². The Hall–Kier alpha value is -1.51. The smallest absolute Gasteiger partial charge is 0.0511 e. The SMILES string of the molecule is CC[C@H](N)c1ccccc1N(C)C(C)c1cccc(Cl)c1. The van der Waals surface area contributed by atoms with Gasteiger partial charge in [0.25, 0.3) is 0 Å². The van der Waals surface area contributed by atoms with Gasteiger partial charge in [0.15, 0.2) is 0 Å². The second-order valence-electron chi connectivity index (χ2n) is 5.42. The quantitative estimate of drug-likeness (QED) is 0.847. The summed E-state index contributed by atoms with van der Waals surface area (Å²) in [5.74, 6) is 0. The average Bonchev–Trinajstić information content (AvgIpc) is 2.52. The van der Waals surface area contributed by atoms with E-state index in [1.807, 2.05) is 24.3 Å². The van der Waals surface area contributed by atoms with Crippen LogP contribution in [0.25, 0.3) is 0 Å². The van der Waals surface area contributed by atoms with Crippen LogP contribution in [0.5, 0.6) is 0 Å². The molecule has 2 rings (SSSR count). The normalized spacial score (nSPS) is 13.8. The number of anilines is 1. The summed E-state index contributed by atoms with van der Waals surface area (Å²) in [6.45, 7) is 4.29. The molecule has 0 amide bonds. The molecule has 2 nitrogen and oxygen atoms in total. The molecule has 2 aromatic rings. The molecule has 0 bridgehead atoms. The van der Waals surface area contributed by atoms with E-state index in [9.17, 15) is 0 Å². The van der Waals surface area contributed by atoms with Crippen molar-refractivity contribution in [1.82, 2.24) is 0 Å². The van der Waals surface area contributed by atoms with Gasteiger partial charge in [0.2, 0.25) is 0 Å². The van der Waals surface area contributed by atoms with Gasteiger partial charge in [-0.2, -0.15) is 0 Å². The highest BCUT2D eigenvalue weighted by Gasteiger charge is 2.17. The van der Waals surface area contributed by atoms with E-state index in [2.05, 4.69) is 50.1 Å². The molecule has 21 heavy (non-hydrogen) atoms. The lowest BCUT2D eigenvalue weighted by atomic mass is 10.0. The van der Waals surface area contributed by atoms with E-state index < -0.39 is 0 Å². The Bertz CT molecular complexity index is 597. The molecule has 3 heteroatoms. The third-order valence-electron chi connectivity index (χ3n) is 4.07. The molecule has 0 heterocycles. The molecule has 0 saturated carbocycles. The van der Waals surface area contributed by atoms with Crippen LogP contribution in [0.1, 0.15) is 43.5 Å². The van der Waals surface area contributed by atoms with Crippen molar-refractivity contribution in [2.45, 2.75) is 32.4 Å². The van der Waals surface area contributed by atoms with Gasteiger partial charge in [-0.05, 0) is 42.7 Å². The summed E-state index contributed by atoms with van der Waals surface area (Å²) in [6.07, 6.45) is 0.927. The van der Waals surface area contributed by atoms with Crippen molar-refractivity contribution >= 4 is 17.3 Å². The summed E-state index contributed by atoms with van der Waals surface area (Å²) in [6, 6.07) is 16.7. The minimum atomic E-state index is 0.0650. The Morgan fingerprint density at radius 2 is 1.86 bits per heavy atom. The van der Waals surface area contributed by atoms with Crippen molar-refractivity contribution < 1.29 is 0 Å².